The van der Waals surface area contributed by atoms with Gasteiger partial charge in [-0.1, -0.05) is 12.1 Å². The average molecular weight is 439 g/mol. The zero-order chi connectivity index (χ0) is 23.4. The molecule has 0 aliphatic carbocycles. The van der Waals surface area contributed by atoms with Crippen molar-refractivity contribution < 1.29 is 24.2 Å². The molecule has 1 N–H and O–H groups in total. The van der Waals surface area contributed by atoms with E-state index in [4.69, 9.17) is 9.47 Å². The van der Waals surface area contributed by atoms with Crippen LogP contribution in [0, 0.1) is 6.92 Å². The Labute approximate surface area is 188 Å². The molecule has 0 aromatic heterocycles. The summed E-state index contributed by atoms with van der Waals surface area (Å²) in [7, 11) is 5.38. The predicted octanol–water partition coefficient (Wildman–Crippen LogP) is 3.39. The van der Waals surface area contributed by atoms with Crippen LogP contribution in [-0.2, 0) is 9.59 Å². The van der Waals surface area contributed by atoms with Gasteiger partial charge in [-0.05, 0) is 69.4 Å². The van der Waals surface area contributed by atoms with Gasteiger partial charge in [0.1, 0.15) is 17.3 Å². The SMILES string of the molecule is CCOc1ccc([C@H]2/C(=C(\O)c3ccc(OC)cc3C)C(=O)C(=O)N2CCN(C)C)cc1. The largest absolute Gasteiger partial charge is 0.507 e. The molecule has 0 unspecified atom stereocenters. The van der Waals surface area contributed by atoms with Crippen LogP contribution in [0.15, 0.2) is 48.0 Å². The van der Waals surface area contributed by atoms with Crippen LogP contribution >= 0.6 is 0 Å². The molecule has 1 aliphatic heterocycles. The number of carbonyl (C=O) groups excluding carboxylic acids is 2. The minimum atomic E-state index is -0.688. The molecule has 1 amide bonds. The molecule has 7 nitrogen and oxygen atoms in total. The summed E-state index contributed by atoms with van der Waals surface area (Å²) in [5.74, 6) is -0.135. The highest BCUT2D eigenvalue weighted by atomic mass is 16.5. The van der Waals surface area contributed by atoms with E-state index in [0.29, 0.717) is 36.8 Å². The fourth-order valence-electron chi connectivity index (χ4n) is 3.85. The second-order valence-corrected chi connectivity index (χ2v) is 7.98. The van der Waals surface area contributed by atoms with Crippen molar-refractivity contribution >= 4 is 17.4 Å². The fourth-order valence-corrected chi connectivity index (χ4v) is 3.85. The van der Waals surface area contributed by atoms with Crippen LogP contribution in [0.1, 0.15) is 29.7 Å². The topological polar surface area (TPSA) is 79.3 Å². The Kier molecular flexibility index (Phi) is 7.20. The number of benzene rings is 2. The Bertz CT molecular complexity index is 1030. The molecular weight excluding hydrogens is 408 g/mol. The number of hydrogen-bond acceptors (Lipinski definition) is 6. The van der Waals surface area contributed by atoms with Crippen molar-refractivity contribution in [2.24, 2.45) is 0 Å². The summed E-state index contributed by atoms with van der Waals surface area (Å²) < 4.78 is 10.8. The smallest absolute Gasteiger partial charge is 0.295 e. The van der Waals surface area contributed by atoms with E-state index in [1.165, 1.54) is 4.90 Å². The van der Waals surface area contributed by atoms with Gasteiger partial charge in [-0.3, -0.25) is 9.59 Å². The molecule has 3 rings (SSSR count). The molecular formula is C25H30N2O5. The highest BCUT2D eigenvalue weighted by Gasteiger charge is 2.46. The van der Waals surface area contributed by atoms with Gasteiger partial charge >= 0.3 is 0 Å². The third-order valence-electron chi connectivity index (χ3n) is 5.52. The maximum atomic E-state index is 13.1. The van der Waals surface area contributed by atoms with E-state index in [-0.39, 0.29) is 11.3 Å². The highest BCUT2D eigenvalue weighted by molar-refractivity contribution is 6.46. The van der Waals surface area contributed by atoms with Crippen molar-refractivity contribution in [1.82, 2.24) is 9.80 Å². The molecule has 1 aliphatic rings. The monoisotopic (exact) mass is 438 g/mol. The average Bonchev–Trinajstić information content (AvgIpc) is 3.02. The number of rotatable bonds is 8. The van der Waals surface area contributed by atoms with Gasteiger partial charge in [-0.2, -0.15) is 0 Å². The molecule has 0 saturated carbocycles. The standard InChI is InChI=1S/C25H30N2O5/c1-6-32-18-9-7-17(8-10-18)22-21(24(29)25(30)27(22)14-13-26(3)4)23(28)20-12-11-19(31-5)15-16(20)2/h7-12,15,22,28H,6,13-14H2,1-5H3/b23-21+/t22-/m0/s1. The minimum Gasteiger partial charge on any atom is -0.507 e. The third kappa shape index (κ3) is 4.62. The van der Waals surface area contributed by atoms with Crippen molar-refractivity contribution in [3.05, 3.63) is 64.7 Å². The van der Waals surface area contributed by atoms with Crippen LogP contribution in [0.3, 0.4) is 0 Å². The number of ether oxygens (including phenoxy) is 2. The lowest BCUT2D eigenvalue weighted by molar-refractivity contribution is -0.140. The van der Waals surface area contributed by atoms with E-state index in [0.717, 1.165) is 11.1 Å². The first-order valence-corrected chi connectivity index (χ1v) is 10.6. The van der Waals surface area contributed by atoms with Crippen LogP contribution in [0.2, 0.25) is 0 Å². The molecule has 1 fully saturated rings. The first kappa shape index (κ1) is 23.3. The minimum absolute atomic E-state index is 0.0891. The number of carbonyl (C=O) groups is 2. The molecule has 0 radical (unpaired) electrons. The van der Waals surface area contributed by atoms with Crippen molar-refractivity contribution in [2.45, 2.75) is 19.9 Å². The van der Waals surface area contributed by atoms with E-state index < -0.39 is 17.7 Å². The summed E-state index contributed by atoms with van der Waals surface area (Å²) in [5, 5.41) is 11.2. The van der Waals surface area contributed by atoms with Crippen molar-refractivity contribution in [3.8, 4) is 11.5 Å². The number of ketones is 1. The molecule has 1 saturated heterocycles. The molecule has 2 aromatic carbocycles. The van der Waals surface area contributed by atoms with Crippen LogP contribution in [0.4, 0.5) is 0 Å². The number of methoxy groups -OCH3 is 1. The predicted molar refractivity (Wildman–Crippen MR) is 123 cm³/mol. The first-order chi connectivity index (χ1) is 15.3. The second kappa shape index (κ2) is 9.87. The number of likely N-dealkylation sites (N-methyl/N-ethyl adjacent to an activating group) is 1. The molecule has 1 heterocycles. The first-order valence-electron chi connectivity index (χ1n) is 10.6. The molecule has 2 aromatic rings. The lowest BCUT2D eigenvalue weighted by atomic mass is 9.94. The van der Waals surface area contributed by atoms with Crippen LogP contribution in [0.5, 0.6) is 11.5 Å². The fraction of sp³-hybridized carbons (Fsp3) is 0.360. The number of aryl methyl sites for hydroxylation is 1. The lowest BCUT2D eigenvalue weighted by Gasteiger charge is -2.26. The van der Waals surface area contributed by atoms with Gasteiger partial charge in [0.2, 0.25) is 0 Å². The summed E-state index contributed by atoms with van der Waals surface area (Å²) in [4.78, 5) is 29.5. The highest BCUT2D eigenvalue weighted by Crippen LogP contribution is 2.40. The molecule has 32 heavy (non-hydrogen) atoms. The van der Waals surface area contributed by atoms with Gasteiger partial charge in [0, 0.05) is 18.7 Å². The molecule has 170 valence electrons. The quantitative estimate of drug-likeness (QED) is 0.387. The van der Waals surface area contributed by atoms with Gasteiger partial charge in [0.05, 0.1) is 25.3 Å². The van der Waals surface area contributed by atoms with Gasteiger partial charge in [0.15, 0.2) is 0 Å². The van der Waals surface area contributed by atoms with Gasteiger partial charge in [-0.15, -0.1) is 0 Å². The van der Waals surface area contributed by atoms with Gasteiger partial charge < -0.3 is 24.4 Å². The second-order valence-electron chi connectivity index (χ2n) is 7.98. The summed E-state index contributed by atoms with van der Waals surface area (Å²) >= 11 is 0. The van der Waals surface area contributed by atoms with Crippen molar-refractivity contribution in [3.63, 3.8) is 0 Å². The van der Waals surface area contributed by atoms with E-state index in [2.05, 4.69) is 0 Å². The summed E-state index contributed by atoms with van der Waals surface area (Å²) in [6.07, 6.45) is 0. The molecule has 0 bridgehead atoms. The van der Waals surface area contributed by atoms with Gasteiger partial charge in [0.25, 0.3) is 11.7 Å². The maximum Gasteiger partial charge on any atom is 0.295 e. The van der Waals surface area contributed by atoms with E-state index in [9.17, 15) is 14.7 Å². The Morgan fingerprint density at radius 1 is 1.09 bits per heavy atom. The summed E-state index contributed by atoms with van der Waals surface area (Å²) in [6.45, 7) is 5.21. The Hall–Kier alpha value is -3.32. The van der Waals surface area contributed by atoms with Crippen LogP contribution in [0.25, 0.3) is 5.76 Å². The number of likely N-dealkylation sites (tertiary alicyclic amines) is 1. The number of amides is 1. The van der Waals surface area contributed by atoms with E-state index in [1.807, 2.05) is 57.1 Å². The Morgan fingerprint density at radius 2 is 1.75 bits per heavy atom. The Balaban J connectivity index is 2.13. The summed E-state index contributed by atoms with van der Waals surface area (Å²) in [5.41, 5.74) is 2.06. The maximum absolute atomic E-state index is 13.1. The number of aliphatic hydroxyl groups excluding tert-OH is 1. The van der Waals surface area contributed by atoms with Crippen LogP contribution < -0.4 is 9.47 Å². The number of hydrogen-bond donors (Lipinski definition) is 1. The Morgan fingerprint density at radius 3 is 2.31 bits per heavy atom. The molecule has 1 atom stereocenters. The lowest BCUT2D eigenvalue weighted by Crippen LogP contribution is -2.35. The molecule has 0 spiro atoms. The molecule has 7 heteroatoms. The normalized spacial score (nSPS) is 17.8. The number of Topliss-reactive ketones (excluding diaryl/α,β-unsaturated/α-hetero) is 1. The zero-order valence-corrected chi connectivity index (χ0v) is 19.2. The summed E-state index contributed by atoms with van der Waals surface area (Å²) in [6, 6.07) is 11.8. The number of nitrogens with zero attached hydrogens (tertiary/aromatic N) is 2. The van der Waals surface area contributed by atoms with E-state index >= 15 is 0 Å². The third-order valence-corrected chi connectivity index (χ3v) is 5.52. The van der Waals surface area contributed by atoms with E-state index in [1.54, 1.807) is 25.3 Å². The number of aliphatic hydroxyl groups is 1. The zero-order valence-electron chi connectivity index (χ0n) is 19.2. The van der Waals surface area contributed by atoms with Crippen molar-refractivity contribution in [1.29, 1.82) is 0 Å². The van der Waals surface area contributed by atoms with Crippen molar-refractivity contribution in [2.75, 3.05) is 40.9 Å². The van der Waals surface area contributed by atoms with Crippen LogP contribution in [-0.4, -0.2) is 67.5 Å². The van der Waals surface area contributed by atoms with Gasteiger partial charge in [-0.25, -0.2) is 0 Å².